The first-order valence-electron chi connectivity index (χ1n) is 28.5. The molecule has 0 amide bonds. The highest BCUT2D eigenvalue weighted by molar-refractivity contribution is 5.74. The summed E-state index contributed by atoms with van der Waals surface area (Å²) in [5.41, 5.74) is 0. The third-order valence-electron chi connectivity index (χ3n) is 12.0. The third kappa shape index (κ3) is 40.1. The molecule has 0 bridgehead atoms. The van der Waals surface area contributed by atoms with Crippen LogP contribution in [0.2, 0.25) is 0 Å². The van der Waals surface area contributed by atoms with Gasteiger partial charge < -0.3 is 39.0 Å². The van der Waals surface area contributed by atoms with E-state index in [1.165, 1.54) is 19.3 Å². The number of allylic oxidation sites excluding steroid dienone is 19. The van der Waals surface area contributed by atoms with Crippen molar-refractivity contribution in [3.05, 3.63) is 122 Å². The van der Waals surface area contributed by atoms with Crippen molar-refractivity contribution in [2.75, 3.05) is 13.2 Å². The van der Waals surface area contributed by atoms with Crippen LogP contribution in [0.3, 0.4) is 0 Å². The number of aliphatic hydroxyl groups is 2. The summed E-state index contributed by atoms with van der Waals surface area (Å²) in [4.78, 5) is 51.0. The highest BCUT2D eigenvalue weighted by Crippen LogP contribution is 2.26. The second kappa shape index (κ2) is 50.0. The molecule has 0 aromatic heterocycles. The average molecular weight is 1050 g/mol. The molecule has 6 unspecified atom stereocenters. The summed E-state index contributed by atoms with van der Waals surface area (Å²) in [5, 5.41) is 31.4. The number of carbonyl (C=O) groups excluding carboxylic acids is 3. The second-order valence-electron chi connectivity index (χ2n) is 18.8. The maximum absolute atomic E-state index is 13.1. The van der Waals surface area contributed by atoms with Crippen LogP contribution in [-0.4, -0.2) is 89.2 Å². The molecule has 422 valence electrons. The zero-order chi connectivity index (χ0) is 54.7. The zero-order valence-corrected chi connectivity index (χ0v) is 46.2. The monoisotopic (exact) mass is 1050 g/mol. The molecule has 1 heterocycles. The summed E-state index contributed by atoms with van der Waals surface area (Å²) in [6, 6.07) is 0. The molecule has 1 rings (SSSR count). The van der Waals surface area contributed by atoms with E-state index >= 15 is 0 Å². The molecule has 3 N–H and O–H groups in total. The van der Waals surface area contributed by atoms with E-state index in [1.54, 1.807) is 6.08 Å². The van der Waals surface area contributed by atoms with Crippen LogP contribution in [0.5, 0.6) is 0 Å². The number of esters is 3. The molecular formula is C63H98O12. The van der Waals surface area contributed by atoms with Gasteiger partial charge in [0.1, 0.15) is 18.8 Å². The minimum absolute atomic E-state index is 0.0261. The Balaban J connectivity index is 2.79. The molecule has 0 aliphatic carbocycles. The fourth-order valence-electron chi connectivity index (χ4n) is 7.72. The highest BCUT2D eigenvalue weighted by Gasteiger charge is 2.50. The number of carboxylic acid groups (broad SMARTS) is 1. The topological polar surface area (TPSA) is 175 Å². The van der Waals surface area contributed by atoms with Crippen molar-refractivity contribution in [1.82, 2.24) is 0 Å². The van der Waals surface area contributed by atoms with Crippen LogP contribution in [-0.2, 0) is 42.9 Å². The summed E-state index contributed by atoms with van der Waals surface area (Å²) < 4.78 is 28.2. The molecule has 6 atom stereocenters. The van der Waals surface area contributed by atoms with E-state index in [1.807, 2.05) is 12.2 Å². The van der Waals surface area contributed by atoms with Gasteiger partial charge in [0.15, 0.2) is 24.6 Å². The van der Waals surface area contributed by atoms with E-state index < -0.39 is 67.3 Å². The van der Waals surface area contributed by atoms with E-state index in [0.29, 0.717) is 19.3 Å². The first-order valence-corrected chi connectivity index (χ1v) is 28.5. The van der Waals surface area contributed by atoms with Crippen LogP contribution in [0.4, 0.5) is 0 Å². The first kappa shape index (κ1) is 68.1. The predicted molar refractivity (Wildman–Crippen MR) is 303 cm³/mol. The summed E-state index contributed by atoms with van der Waals surface area (Å²) in [5.74, 6) is -3.35. The lowest BCUT2D eigenvalue weighted by Crippen LogP contribution is -2.61. The van der Waals surface area contributed by atoms with Crippen LogP contribution in [0, 0.1) is 0 Å². The molecule has 1 saturated heterocycles. The average Bonchev–Trinajstić information content (AvgIpc) is 3.39. The maximum Gasteiger partial charge on any atom is 0.335 e. The Morgan fingerprint density at radius 2 is 0.880 bits per heavy atom. The van der Waals surface area contributed by atoms with Gasteiger partial charge in [0.2, 0.25) is 0 Å². The van der Waals surface area contributed by atoms with Gasteiger partial charge in [-0.15, -0.1) is 0 Å². The molecule has 0 saturated carbocycles. The van der Waals surface area contributed by atoms with Crippen molar-refractivity contribution in [2.24, 2.45) is 0 Å². The van der Waals surface area contributed by atoms with Crippen LogP contribution >= 0.6 is 0 Å². The lowest BCUT2D eigenvalue weighted by molar-refractivity contribution is -0.301. The molecule has 0 aromatic carbocycles. The van der Waals surface area contributed by atoms with Crippen molar-refractivity contribution in [1.29, 1.82) is 0 Å². The molecular weight excluding hydrogens is 949 g/mol. The Kier molecular flexibility index (Phi) is 45.4. The Morgan fingerprint density at radius 1 is 0.467 bits per heavy atom. The Morgan fingerprint density at radius 3 is 1.35 bits per heavy atom. The van der Waals surface area contributed by atoms with Gasteiger partial charge in [0.25, 0.3) is 0 Å². The molecule has 1 aliphatic heterocycles. The lowest BCUT2D eigenvalue weighted by atomic mass is 9.98. The molecule has 12 nitrogen and oxygen atoms in total. The SMILES string of the molecule is CC/C=C\C/C=C\C/C=C\C/C=C\C/C=C\CC(=O)OCC(COC1OC(C(=O)O)C(O)C(O)C1OC(=O)CCCCCCC/C=C\C/C=C\CCCCC)OC(=O)CCCCCCC/C=C\C/C=C\C/C=C\CC. The molecule has 0 aromatic rings. The van der Waals surface area contributed by atoms with E-state index in [4.69, 9.17) is 23.7 Å². The van der Waals surface area contributed by atoms with Gasteiger partial charge in [0, 0.05) is 12.8 Å². The number of rotatable bonds is 46. The maximum atomic E-state index is 13.1. The van der Waals surface area contributed by atoms with E-state index in [0.717, 1.165) is 122 Å². The van der Waals surface area contributed by atoms with Gasteiger partial charge in [-0.3, -0.25) is 14.4 Å². The Bertz CT molecular complexity index is 1770. The number of aliphatic hydroxyl groups excluding tert-OH is 2. The molecule has 12 heteroatoms. The van der Waals surface area contributed by atoms with Gasteiger partial charge in [-0.2, -0.15) is 0 Å². The smallest absolute Gasteiger partial charge is 0.335 e. The first-order chi connectivity index (χ1) is 36.6. The minimum Gasteiger partial charge on any atom is -0.479 e. The second-order valence-corrected chi connectivity index (χ2v) is 18.8. The minimum atomic E-state index is -1.93. The number of unbranched alkanes of at least 4 members (excludes halogenated alkanes) is 13. The molecule has 0 spiro atoms. The number of aliphatic carboxylic acids is 1. The largest absolute Gasteiger partial charge is 0.479 e. The number of hydrogen-bond donors (Lipinski definition) is 3. The fourth-order valence-corrected chi connectivity index (χ4v) is 7.72. The lowest BCUT2D eigenvalue weighted by Gasteiger charge is -2.40. The van der Waals surface area contributed by atoms with Crippen molar-refractivity contribution in [3.8, 4) is 0 Å². The summed E-state index contributed by atoms with van der Waals surface area (Å²) in [7, 11) is 0. The normalized spacial score (nSPS) is 19.1. The summed E-state index contributed by atoms with van der Waals surface area (Å²) >= 11 is 0. The Labute approximate surface area is 452 Å². The van der Waals surface area contributed by atoms with Crippen molar-refractivity contribution in [3.63, 3.8) is 0 Å². The van der Waals surface area contributed by atoms with E-state index in [9.17, 15) is 34.5 Å². The van der Waals surface area contributed by atoms with E-state index in [2.05, 4.69) is 124 Å². The van der Waals surface area contributed by atoms with Gasteiger partial charge in [-0.1, -0.05) is 194 Å². The van der Waals surface area contributed by atoms with E-state index in [-0.39, 0.29) is 25.9 Å². The van der Waals surface area contributed by atoms with Gasteiger partial charge in [0.05, 0.1) is 13.0 Å². The van der Waals surface area contributed by atoms with Crippen LogP contribution in [0.1, 0.15) is 201 Å². The molecule has 1 aliphatic rings. The Hall–Kier alpha value is -4.88. The number of carboxylic acids is 1. The van der Waals surface area contributed by atoms with Crippen LogP contribution in [0.15, 0.2) is 122 Å². The van der Waals surface area contributed by atoms with Crippen LogP contribution < -0.4 is 0 Å². The quantitative estimate of drug-likeness (QED) is 0.0228. The van der Waals surface area contributed by atoms with Crippen molar-refractivity contribution >= 4 is 23.9 Å². The van der Waals surface area contributed by atoms with Crippen molar-refractivity contribution < 1.29 is 58.2 Å². The van der Waals surface area contributed by atoms with Gasteiger partial charge >= 0.3 is 23.9 Å². The summed E-state index contributed by atoms with van der Waals surface area (Å²) in [6.45, 7) is 5.61. The van der Waals surface area contributed by atoms with Crippen LogP contribution in [0.25, 0.3) is 0 Å². The number of hydrogen-bond acceptors (Lipinski definition) is 11. The fraction of sp³-hybridized carbons (Fsp3) is 0.619. The number of ether oxygens (including phenoxy) is 5. The predicted octanol–water partition coefficient (Wildman–Crippen LogP) is 14.4. The molecule has 0 radical (unpaired) electrons. The third-order valence-corrected chi connectivity index (χ3v) is 12.0. The zero-order valence-electron chi connectivity index (χ0n) is 46.2. The standard InChI is InChI=1S/C63H98O12/c1-4-7-10-13-16-19-22-25-28-31-34-37-40-43-46-49-55(64)71-52-54(73-56(65)50-47-44-41-38-35-32-29-26-23-20-17-14-11-8-5-2)53-72-63-61(59(68)58(67)60(75-63)62(69)70)74-57(66)51-48-45-42-39-36-33-30-27-24-21-18-15-12-9-6-3/h7-8,10-11,16-21,25-30,34,37,43,46,54,58-61,63,67-68H,4-6,9,12-15,22-24,31-33,35-36,38-42,44-45,47-53H2,1-3H3,(H,69,70)/b10-7-,11-8-,19-16-,20-17-,21-18-,28-25-,29-26-,30-27-,37-34-,46-43-. The van der Waals surface area contributed by atoms with Gasteiger partial charge in [-0.25, -0.2) is 4.79 Å². The molecule has 1 fully saturated rings. The van der Waals surface area contributed by atoms with Gasteiger partial charge in [-0.05, 0) is 109 Å². The molecule has 75 heavy (non-hydrogen) atoms. The highest BCUT2D eigenvalue weighted by atomic mass is 16.7. The number of carbonyl (C=O) groups is 4. The van der Waals surface area contributed by atoms with Crippen molar-refractivity contribution in [2.45, 2.75) is 237 Å². The summed E-state index contributed by atoms with van der Waals surface area (Å²) in [6.07, 6.45) is 56.2.